The summed E-state index contributed by atoms with van der Waals surface area (Å²) in [6.07, 6.45) is 0. The molecule has 0 spiro atoms. The van der Waals surface area contributed by atoms with Gasteiger partial charge in [-0.1, -0.05) is 66.2 Å². The second-order valence-electron chi connectivity index (χ2n) is 6.00. The number of para-hydroxylation sites is 3. The average molecular weight is 375 g/mol. The Kier molecular flexibility index (Phi) is 4.48. The van der Waals surface area contributed by atoms with Crippen molar-refractivity contribution >= 4 is 34.1 Å². The predicted molar refractivity (Wildman–Crippen MR) is 109 cm³/mol. The quantitative estimate of drug-likeness (QED) is 0.554. The molecule has 0 radical (unpaired) electrons. The molecule has 4 nitrogen and oxygen atoms in total. The number of nitrogens with zero attached hydrogens (tertiary/aromatic N) is 1. The molecule has 0 unspecified atom stereocenters. The highest BCUT2D eigenvalue weighted by molar-refractivity contribution is 6.39. The van der Waals surface area contributed by atoms with Crippen molar-refractivity contribution < 1.29 is 4.79 Å². The van der Waals surface area contributed by atoms with Gasteiger partial charge in [-0.15, -0.1) is 0 Å². The van der Waals surface area contributed by atoms with Crippen LogP contribution in [0.2, 0.25) is 5.02 Å². The van der Waals surface area contributed by atoms with Gasteiger partial charge in [-0.2, -0.15) is 0 Å². The molecule has 0 aliphatic carbocycles. The Morgan fingerprint density at radius 1 is 0.815 bits per heavy atom. The zero-order valence-electron chi connectivity index (χ0n) is 14.2. The molecule has 1 amide bonds. The number of aromatic nitrogens is 1. The number of amides is 1. The fraction of sp³-hybridized carbons (Fsp3) is 0. The van der Waals surface area contributed by atoms with Gasteiger partial charge in [0.15, 0.2) is 0 Å². The molecule has 0 aliphatic rings. The lowest BCUT2D eigenvalue weighted by Crippen LogP contribution is -2.29. The van der Waals surface area contributed by atoms with E-state index in [9.17, 15) is 9.59 Å². The van der Waals surface area contributed by atoms with Gasteiger partial charge in [-0.05, 0) is 30.3 Å². The van der Waals surface area contributed by atoms with E-state index in [-0.39, 0.29) is 10.6 Å². The summed E-state index contributed by atoms with van der Waals surface area (Å²) in [6.45, 7) is 0. The first-order chi connectivity index (χ1) is 13.2. The fourth-order valence-corrected chi connectivity index (χ4v) is 3.38. The Morgan fingerprint density at radius 2 is 1.41 bits per heavy atom. The van der Waals surface area contributed by atoms with Crippen LogP contribution in [0.5, 0.6) is 0 Å². The summed E-state index contributed by atoms with van der Waals surface area (Å²) in [4.78, 5) is 26.1. The van der Waals surface area contributed by atoms with Gasteiger partial charge >= 0.3 is 0 Å². The summed E-state index contributed by atoms with van der Waals surface area (Å²) in [5, 5.41) is 3.54. The van der Waals surface area contributed by atoms with Crippen LogP contribution in [0.3, 0.4) is 0 Å². The van der Waals surface area contributed by atoms with E-state index >= 15 is 0 Å². The summed E-state index contributed by atoms with van der Waals surface area (Å²) in [5.41, 5.74) is 1.37. The SMILES string of the molecule is O=C(Nc1ccccc1)c1c(Cl)c2ccccc2n(-c2ccccc2)c1=O. The number of nitrogens with one attached hydrogen (secondary N) is 1. The maximum absolute atomic E-state index is 13.3. The molecule has 3 aromatic carbocycles. The molecule has 0 saturated heterocycles. The van der Waals surface area contributed by atoms with E-state index in [4.69, 9.17) is 11.6 Å². The normalized spacial score (nSPS) is 10.7. The number of hydrogen-bond acceptors (Lipinski definition) is 2. The molecule has 0 bridgehead atoms. The molecule has 132 valence electrons. The minimum atomic E-state index is -0.536. The summed E-state index contributed by atoms with van der Waals surface area (Å²) in [5.74, 6) is -0.536. The second-order valence-corrected chi connectivity index (χ2v) is 6.38. The third-order valence-corrected chi connectivity index (χ3v) is 4.68. The van der Waals surface area contributed by atoms with Crippen molar-refractivity contribution in [1.29, 1.82) is 0 Å². The molecule has 4 rings (SSSR count). The molecule has 4 aromatic rings. The van der Waals surface area contributed by atoms with E-state index in [0.29, 0.717) is 22.3 Å². The predicted octanol–water partition coefficient (Wildman–Crippen LogP) is 4.90. The molecule has 0 aliphatic heterocycles. The third kappa shape index (κ3) is 3.11. The van der Waals surface area contributed by atoms with Crippen molar-refractivity contribution in [2.75, 3.05) is 5.32 Å². The number of carbonyl (C=O) groups is 1. The molecule has 27 heavy (non-hydrogen) atoms. The lowest BCUT2D eigenvalue weighted by molar-refractivity contribution is 0.102. The average Bonchev–Trinajstić information content (AvgIpc) is 2.70. The Morgan fingerprint density at radius 3 is 2.11 bits per heavy atom. The first-order valence-corrected chi connectivity index (χ1v) is 8.79. The summed E-state index contributed by atoms with van der Waals surface area (Å²) in [6, 6.07) is 25.4. The number of benzene rings is 3. The molecule has 0 fully saturated rings. The summed E-state index contributed by atoms with van der Waals surface area (Å²) < 4.78 is 1.52. The van der Waals surface area contributed by atoms with Crippen LogP contribution in [0, 0.1) is 0 Å². The molecule has 1 aromatic heterocycles. The van der Waals surface area contributed by atoms with E-state index in [1.807, 2.05) is 54.6 Å². The van der Waals surface area contributed by atoms with Crippen LogP contribution in [0.4, 0.5) is 5.69 Å². The Bertz CT molecular complexity index is 1190. The van der Waals surface area contributed by atoms with Crippen molar-refractivity contribution in [2.45, 2.75) is 0 Å². The van der Waals surface area contributed by atoms with Gasteiger partial charge in [0, 0.05) is 16.8 Å². The number of fused-ring (bicyclic) bond motifs is 1. The van der Waals surface area contributed by atoms with Crippen molar-refractivity contribution in [3.8, 4) is 5.69 Å². The van der Waals surface area contributed by atoms with Gasteiger partial charge in [0.25, 0.3) is 11.5 Å². The first kappa shape index (κ1) is 17.1. The second kappa shape index (κ2) is 7.09. The van der Waals surface area contributed by atoms with Gasteiger partial charge in [0.2, 0.25) is 0 Å². The highest BCUT2D eigenvalue weighted by Crippen LogP contribution is 2.27. The van der Waals surface area contributed by atoms with Crippen LogP contribution in [0.1, 0.15) is 10.4 Å². The van der Waals surface area contributed by atoms with E-state index in [0.717, 1.165) is 0 Å². The Balaban J connectivity index is 1.96. The molecule has 0 saturated carbocycles. The van der Waals surface area contributed by atoms with Crippen molar-refractivity contribution in [3.63, 3.8) is 0 Å². The summed E-state index contributed by atoms with van der Waals surface area (Å²) >= 11 is 6.49. The minimum Gasteiger partial charge on any atom is -0.322 e. The topological polar surface area (TPSA) is 51.1 Å². The highest BCUT2D eigenvalue weighted by Gasteiger charge is 2.22. The number of rotatable bonds is 3. The maximum Gasteiger partial charge on any atom is 0.270 e. The smallest absolute Gasteiger partial charge is 0.270 e. The van der Waals surface area contributed by atoms with Crippen LogP contribution in [0.15, 0.2) is 89.7 Å². The van der Waals surface area contributed by atoms with Crippen LogP contribution < -0.4 is 10.9 Å². The lowest BCUT2D eigenvalue weighted by Gasteiger charge is -2.15. The van der Waals surface area contributed by atoms with Gasteiger partial charge in [0.05, 0.1) is 10.5 Å². The van der Waals surface area contributed by atoms with Gasteiger partial charge in [-0.3, -0.25) is 14.2 Å². The molecule has 1 heterocycles. The number of hydrogen-bond donors (Lipinski definition) is 1. The van der Waals surface area contributed by atoms with Crippen molar-refractivity contribution in [3.05, 3.63) is 106 Å². The lowest BCUT2D eigenvalue weighted by atomic mass is 10.1. The first-order valence-electron chi connectivity index (χ1n) is 8.42. The van der Waals surface area contributed by atoms with E-state index in [2.05, 4.69) is 5.32 Å². The van der Waals surface area contributed by atoms with E-state index in [1.54, 1.807) is 30.3 Å². The minimum absolute atomic E-state index is 0.0805. The third-order valence-electron chi connectivity index (χ3n) is 4.29. The Labute approximate surface area is 160 Å². The zero-order chi connectivity index (χ0) is 18.8. The molecular formula is C22H15ClN2O2. The fourth-order valence-electron chi connectivity index (χ4n) is 3.05. The maximum atomic E-state index is 13.3. The molecular weight excluding hydrogens is 360 g/mol. The number of halogens is 1. The van der Waals surface area contributed by atoms with Gasteiger partial charge in [0.1, 0.15) is 5.56 Å². The van der Waals surface area contributed by atoms with Crippen LogP contribution in [-0.2, 0) is 0 Å². The van der Waals surface area contributed by atoms with Crippen LogP contribution >= 0.6 is 11.6 Å². The van der Waals surface area contributed by atoms with Crippen molar-refractivity contribution in [1.82, 2.24) is 4.57 Å². The largest absolute Gasteiger partial charge is 0.322 e. The van der Waals surface area contributed by atoms with Crippen molar-refractivity contribution in [2.24, 2.45) is 0 Å². The molecule has 0 atom stereocenters. The van der Waals surface area contributed by atoms with Gasteiger partial charge in [-0.25, -0.2) is 0 Å². The van der Waals surface area contributed by atoms with Crippen LogP contribution in [0.25, 0.3) is 16.6 Å². The molecule has 5 heteroatoms. The van der Waals surface area contributed by atoms with E-state index < -0.39 is 11.5 Å². The summed E-state index contributed by atoms with van der Waals surface area (Å²) in [7, 11) is 0. The zero-order valence-corrected chi connectivity index (χ0v) is 15.0. The van der Waals surface area contributed by atoms with Gasteiger partial charge < -0.3 is 5.32 Å². The molecule has 1 N–H and O–H groups in total. The number of pyridine rings is 1. The van der Waals surface area contributed by atoms with Crippen LogP contribution in [-0.4, -0.2) is 10.5 Å². The Hall–Kier alpha value is -3.37. The number of carbonyl (C=O) groups excluding carboxylic acids is 1. The van der Waals surface area contributed by atoms with E-state index in [1.165, 1.54) is 4.57 Å². The monoisotopic (exact) mass is 374 g/mol. The number of anilines is 1. The standard InChI is InChI=1S/C22H15ClN2O2/c23-20-17-13-7-8-14-18(17)25(16-11-5-2-6-12-16)22(27)19(20)21(26)24-15-9-3-1-4-10-15/h1-14H,(H,24,26). The highest BCUT2D eigenvalue weighted by atomic mass is 35.5.